The number of nitrogens with zero attached hydrogens (tertiary/aromatic N) is 2. The second-order valence-electron chi connectivity index (χ2n) is 4.99. The molecule has 0 bridgehead atoms. The number of aliphatic hydroxyl groups is 1. The average Bonchev–Trinajstić information content (AvgIpc) is 2.53. The van der Waals surface area contributed by atoms with Crippen LogP contribution >= 0.6 is 0 Å². The van der Waals surface area contributed by atoms with Crippen LogP contribution in [-0.4, -0.2) is 16.6 Å². The minimum Gasteiger partial charge on any atom is -0.387 e. The van der Waals surface area contributed by atoms with Crippen molar-refractivity contribution in [2.24, 2.45) is 0 Å². The number of aromatic nitrogens is 1. The smallest absolute Gasteiger partial charge is 0.387 e. The Kier molecular flexibility index (Phi) is 4.86. The van der Waals surface area contributed by atoms with Gasteiger partial charge < -0.3 is 10.4 Å². The second kappa shape index (κ2) is 6.67. The average molecular weight is 321 g/mol. The largest absolute Gasteiger partial charge is 0.416 e. The van der Waals surface area contributed by atoms with Gasteiger partial charge in [-0.1, -0.05) is 18.2 Å². The van der Waals surface area contributed by atoms with Gasteiger partial charge in [0.15, 0.2) is 0 Å². The van der Waals surface area contributed by atoms with Crippen LogP contribution in [0.5, 0.6) is 0 Å². The fourth-order valence-corrected chi connectivity index (χ4v) is 1.98. The molecular formula is C16H14F3N3O. The maximum atomic E-state index is 12.7. The highest BCUT2D eigenvalue weighted by atomic mass is 19.4. The van der Waals surface area contributed by atoms with Crippen LogP contribution in [0.3, 0.4) is 0 Å². The number of alkyl halides is 3. The number of aryl methyl sites for hydroxylation is 1. The van der Waals surface area contributed by atoms with Crippen LogP contribution in [0.15, 0.2) is 36.4 Å². The minimum atomic E-state index is -4.45. The summed E-state index contributed by atoms with van der Waals surface area (Å²) in [5.41, 5.74) is 0.314. The number of halogens is 3. The van der Waals surface area contributed by atoms with Crippen molar-refractivity contribution >= 4 is 5.82 Å². The molecule has 0 saturated heterocycles. The number of nitriles is 1. The van der Waals surface area contributed by atoms with Crippen molar-refractivity contribution in [1.29, 1.82) is 5.26 Å². The molecule has 1 atom stereocenters. The van der Waals surface area contributed by atoms with Crippen molar-refractivity contribution in [1.82, 2.24) is 4.98 Å². The molecule has 2 rings (SSSR count). The van der Waals surface area contributed by atoms with Crippen molar-refractivity contribution in [3.63, 3.8) is 0 Å². The van der Waals surface area contributed by atoms with E-state index in [1.165, 1.54) is 12.1 Å². The highest BCUT2D eigenvalue weighted by molar-refractivity contribution is 5.42. The number of aliphatic hydroxyl groups excluding tert-OH is 1. The van der Waals surface area contributed by atoms with Gasteiger partial charge in [-0.15, -0.1) is 0 Å². The molecule has 0 amide bonds. The molecule has 0 radical (unpaired) electrons. The van der Waals surface area contributed by atoms with Gasteiger partial charge >= 0.3 is 6.18 Å². The number of rotatable bonds is 4. The zero-order valence-corrected chi connectivity index (χ0v) is 12.2. The molecule has 2 aromatic rings. The van der Waals surface area contributed by atoms with E-state index in [1.807, 2.05) is 6.07 Å². The first-order valence-corrected chi connectivity index (χ1v) is 6.78. The lowest BCUT2D eigenvalue weighted by Gasteiger charge is -2.15. The van der Waals surface area contributed by atoms with Crippen molar-refractivity contribution in [2.75, 3.05) is 11.9 Å². The second-order valence-corrected chi connectivity index (χ2v) is 4.99. The highest BCUT2D eigenvalue weighted by Gasteiger charge is 2.30. The van der Waals surface area contributed by atoms with Gasteiger partial charge in [-0.2, -0.15) is 18.4 Å². The molecule has 0 aliphatic heterocycles. The Bertz CT molecular complexity index is 738. The van der Waals surface area contributed by atoms with Gasteiger partial charge in [0.25, 0.3) is 0 Å². The number of benzene rings is 1. The predicted octanol–water partition coefficient (Wildman–Crippen LogP) is 3.43. The van der Waals surface area contributed by atoms with Crippen LogP contribution in [-0.2, 0) is 6.18 Å². The Labute approximate surface area is 131 Å². The topological polar surface area (TPSA) is 68.9 Å². The summed E-state index contributed by atoms with van der Waals surface area (Å²) >= 11 is 0. The first-order valence-electron chi connectivity index (χ1n) is 6.78. The molecule has 2 N–H and O–H groups in total. The molecule has 1 unspecified atom stereocenters. The number of pyridine rings is 1. The standard InChI is InChI=1S/C16H14F3N3O/c1-10-5-6-15(22-13(10)8-20)21-9-14(23)11-3-2-4-12(7-11)16(17,18)19/h2-7,14,23H,9H2,1H3,(H,21,22). The van der Waals surface area contributed by atoms with Crippen LogP contribution in [0.25, 0.3) is 0 Å². The molecule has 120 valence electrons. The molecule has 1 aromatic carbocycles. The highest BCUT2D eigenvalue weighted by Crippen LogP contribution is 2.30. The molecule has 0 saturated carbocycles. The molecule has 0 aliphatic carbocycles. The Morgan fingerprint density at radius 2 is 2.04 bits per heavy atom. The molecule has 4 nitrogen and oxygen atoms in total. The van der Waals surface area contributed by atoms with E-state index in [0.717, 1.165) is 17.7 Å². The van der Waals surface area contributed by atoms with Gasteiger partial charge in [0.2, 0.25) is 0 Å². The molecule has 0 fully saturated rings. The van der Waals surface area contributed by atoms with Crippen LogP contribution in [0.2, 0.25) is 0 Å². The zero-order valence-electron chi connectivity index (χ0n) is 12.2. The zero-order chi connectivity index (χ0) is 17.0. The van der Waals surface area contributed by atoms with Crippen LogP contribution in [0.1, 0.15) is 28.5 Å². The molecule has 1 aromatic heterocycles. The summed E-state index contributed by atoms with van der Waals surface area (Å²) in [6, 6.07) is 9.81. The van der Waals surface area contributed by atoms with Gasteiger partial charge in [0, 0.05) is 6.54 Å². The van der Waals surface area contributed by atoms with Gasteiger partial charge in [-0.05, 0) is 36.2 Å². The Morgan fingerprint density at radius 1 is 1.30 bits per heavy atom. The summed E-state index contributed by atoms with van der Waals surface area (Å²) in [6.45, 7) is 1.72. The van der Waals surface area contributed by atoms with E-state index < -0.39 is 17.8 Å². The molecular weight excluding hydrogens is 307 g/mol. The Hall–Kier alpha value is -2.59. The quantitative estimate of drug-likeness (QED) is 0.905. The molecule has 23 heavy (non-hydrogen) atoms. The first-order chi connectivity index (χ1) is 10.8. The lowest BCUT2D eigenvalue weighted by atomic mass is 10.1. The van der Waals surface area contributed by atoms with Crippen LogP contribution in [0, 0.1) is 18.3 Å². The van der Waals surface area contributed by atoms with E-state index in [4.69, 9.17) is 5.26 Å². The fourth-order valence-electron chi connectivity index (χ4n) is 1.98. The molecule has 0 aliphatic rings. The van der Waals surface area contributed by atoms with Crippen molar-refractivity contribution in [3.05, 3.63) is 58.8 Å². The third-order valence-electron chi connectivity index (χ3n) is 3.28. The van der Waals surface area contributed by atoms with Gasteiger partial charge in [0.1, 0.15) is 17.6 Å². The van der Waals surface area contributed by atoms with Crippen molar-refractivity contribution in [2.45, 2.75) is 19.2 Å². The summed E-state index contributed by atoms with van der Waals surface area (Å²) in [5.74, 6) is 0.373. The third kappa shape index (κ3) is 4.20. The van der Waals surface area contributed by atoms with Crippen molar-refractivity contribution in [3.8, 4) is 6.07 Å². The Balaban J connectivity index is 2.08. The number of hydrogen-bond donors (Lipinski definition) is 2. The number of anilines is 1. The fraction of sp³-hybridized carbons (Fsp3) is 0.250. The lowest BCUT2D eigenvalue weighted by Crippen LogP contribution is -2.14. The summed E-state index contributed by atoms with van der Waals surface area (Å²) in [5, 5.41) is 21.7. The molecule has 0 spiro atoms. The lowest BCUT2D eigenvalue weighted by molar-refractivity contribution is -0.137. The van der Waals surface area contributed by atoms with Crippen molar-refractivity contribution < 1.29 is 18.3 Å². The Morgan fingerprint density at radius 3 is 2.70 bits per heavy atom. The van der Waals surface area contributed by atoms with E-state index in [2.05, 4.69) is 10.3 Å². The van der Waals surface area contributed by atoms with Crippen LogP contribution < -0.4 is 5.32 Å². The van der Waals surface area contributed by atoms with Gasteiger partial charge in [-0.3, -0.25) is 0 Å². The SMILES string of the molecule is Cc1ccc(NCC(O)c2cccc(C(F)(F)F)c2)nc1C#N. The summed E-state index contributed by atoms with van der Waals surface area (Å²) < 4.78 is 38.0. The first kappa shape index (κ1) is 16.8. The maximum Gasteiger partial charge on any atom is 0.416 e. The van der Waals surface area contributed by atoms with E-state index >= 15 is 0 Å². The minimum absolute atomic E-state index is 0.0256. The van der Waals surface area contributed by atoms with Gasteiger partial charge in [0.05, 0.1) is 11.7 Å². The maximum absolute atomic E-state index is 12.7. The van der Waals surface area contributed by atoms with Gasteiger partial charge in [-0.25, -0.2) is 4.98 Å². The monoisotopic (exact) mass is 321 g/mol. The number of nitrogens with one attached hydrogen (secondary N) is 1. The summed E-state index contributed by atoms with van der Waals surface area (Å²) in [7, 11) is 0. The normalized spacial score (nSPS) is 12.5. The molecule has 1 heterocycles. The van der Waals surface area contributed by atoms with E-state index in [1.54, 1.807) is 19.1 Å². The summed E-state index contributed by atoms with van der Waals surface area (Å²) in [6.07, 6.45) is -5.59. The third-order valence-corrected chi connectivity index (χ3v) is 3.28. The van der Waals surface area contributed by atoms with Crippen LogP contribution in [0.4, 0.5) is 19.0 Å². The number of hydrogen-bond acceptors (Lipinski definition) is 4. The summed E-state index contributed by atoms with van der Waals surface area (Å²) in [4.78, 5) is 4.05. The van der Waals surface area contributed by atoms with E-state index in [0.29, 0.717) is 5.82 Å². The predicted molar refractivity (Wildman–Crippen MR) is 78.6 cm³/mol. The van der Waals surface area contributed by atoms with E-state index in [9.17, 15) is 18.3 Å². The van der Waals surface area contributed by atoms with E-state index in [-0.39, 0.29) is 17.8 Å². The molecule has 7 heteroatoms.